The van der Waals surface area contributed by atoms with Crippen molar-refractivity contribution in [3.05, 3.63) is 53.6 Å². The maximum absolute atomic E-state index is 12.4. The van der Waals surface area contributed by atoms with Gasteiger partial charge in [0.05, 0.1) is 7.11 Å². The van der Waals surface area contributed by atoms with Gasteiger partial charge in [-0.3, -0.25) is 4.79 Å². The van der Waals surface area contributed by atoms with Crippen LogP contribution in [0.15, 0.2) is 42.5 Å². The first kappa shape index (κ1) is 14.7. The molecular formula is C16H19N3O2. The van der Waals surface area contributed by atoms with Gasteiger partial charge in [0.15, 0.2) is 0 Å². The van der Waals surface area contributed by atoms with Gasteiger partial charge in [-0.1, -0.05) is 12.1 Å². The zero-order valence-electron chi connectivity index (χ0n) is 12.2. The summed E-state index contributed by atoms with van der Waals surface area (Å²) < 4.78 is 5.18. The van der Waals surface area contributed by atoms with Crippen LogP contribution in [0.25, 0.3) is 0 Å². The Morgan fingerprint density at radius 3 is 2.43 bits per heavy atom. The van der Waals surface area contributed by atoms with Crippen molar-refractivity contribution in [3.63, 3.8) is 0 Å². The minimum absolute atomic E-state index is 0.128. The van der Waals surface area contributed by atoms with E-state index < -0.39 is 0 Å². The molecule has 110 valence electrons. The second-order valence-corrected chi connectivity index (χ2v) is 4.90. The summed E-state index contributed by atoms with van der Waals surface area (Å²) in [6.07, 6.45) is 0. The molecule has 5 heteroatoms. The molecule has 21 heavy (non-hydrogen) atoms. The largest absolute Gasteiger partial charge is 0.497 e. The first-order chi connectivity index (χ1) is 9.99. The normalized spacial score (nSPS) is 10.2. The number of amides is 1. The Kier molecular flexibility index (Phi) is 4.33. The molecule has 0 atom stereocenters. The van der Waals surface area contributed by atoms with Crippen molar-refractivity contribution in [3.8, 4) is 5.75 Å². The number of hydrogen-bond donors (Lipinski definition) is 2. The molecule has 0 bridgehead atoms. The second kappa shape index (κ2) is 6.17. The third kappa shape index (κ3) is 3.66. The zero-order chi connectivity index (χ0) is 15.4. The van der Waals surface area contributed by atoms with E-state index in [4.69, 9.17) is 16.2 Å². The number of carbonyl (C=O) groups is 1. The van der Waals surface area contributed by atoms with Crippen molar-refractivity contribution in [1.82, 2.24) is 4.90 Å². The fourth-order valence-corrected chi connectivity index (χ4v) is 2.14. The van der Waals surface area contributed by atoms with E-state index in [0.717, 1.165) is 11.3 Å². The van der Waals surface area contributed by atoms with Gasteiger partial charge in [0.2, 0.25) is 0 Å². The zero-order valence-corrected chi connectivity index (χ0v) is 12.2. The molecule has 0 radical (unpaired) electrons. The van der Waals surface area contributed by atoms with Crippen molar-refractivity contribution < 1.29 is 9.53 Å². The number of benzene rings is 2. The number of nitrogen functional groups attached to an aromatic ring is 2. The highest BCUT2D eigenvalue weighted by Gasteiger charge is 2.13. The van der Waals surface area contributed by atoms with Gasteiger partial charge in [-0.2, -0.15) is 0 Å². The third-order valence-electron chi connectivity index (χ3n) is 3.13. The minimum Gasteiger partial charge on any atom is -0.497 e. The van der Waals surface area contributed by atoms with Crippen molar-refractivity contribution >= 4 is 17.3 Å². The lowest BCUT2D eigenvalue weighted by Gasteiger charge is -2.18. The Morgan fingerprint density at radius 2 is 1.81 bits per heavy atom. The number of methoxy groups -OCH3 is 1. The summed E-state index contributed by atoms with van der Waals surface area (Å²) in [6, 6.07) is 12.5. The van der Waals surface area contributed by atoms with Gasteiger partial charge >= 0.3 is 0 Å². The van der Waals surface area contributed by atoms with E-state index in [1.165, 1.54) is 0 Å². The summed E-state index contributed by atoms with van der Waals surface area (Å²) in [6.45, 7) is 0.477. The Labute approximate surface area is 124 Å². The quantitative estimate of drug-likeness (QED) is 0.843. The fourth-order valence-electron chi connectivity index (χ4n) is 2.14. The number of nitrogens with two attached hydrogens (primary N) is 2. The van der Waals surface area contributed by atoms with Crippen LogP contribution in [0.2, 0.25) is 0 Å². The Bertz CT molecular complexity index is 635. The molecule has 0 aromatic heterocycles. The molecule has 0 heterocycles. The molecule has 0 saturated heterocycles. The topological polar surface area (TPSA) is 81.6 Å². The lowest BCUT2D eigenvalue weighted by Crippen LogP contribution is -2.26. The molecule has 0 aliphatic heterocycles. The number of ether oxygens (including phenoxy) is 1. The molecule has 0 saturated carbocycles. The number of rotatable bonds is 4. The average molecular weight is 285 g/mol. The van der Waals surface area contributed by atoms with Gasteiger partial charge in [0.25, 0.3) is 5.91 Å². The molecule has 0 unspecified atom stereocenters. The monoisotopic (exact) mass is 285 g/mol. The van der Waals surface area contributed by atoms with Crippen LogP contribution >= 0.6 is 0 Å². The summed E-state index contributed by atoms with van der Waals surface area (Å²) in [7, 11) is 3.35. The molecule has 0 fully saturated rings. The van der Waals surface area contributed by atoms with Crippen LogP contribution in [0, 0.1) is 0 Å². The summed E-state index contributed by atoms with van der Waals surface area (Å²) in [5, 5.41) is 0. The first-order valence-corrected chi connectivity index (χ1v) is 6.54. The number of anilines is 2. The van der Waals surface area contributed by atoms with Crippen LogP contribution in [0.4, 0.5) is 11.4 Å². The summed E-state index contributed by atoms with van der Waals surface area (Å²) in [5.74, 6) is 0.637. The maximum atomic E-state index is 12.4. The highest BCUT2D eigenvalue weighted by Crippen LogP contribution is 2.18. The van der Waals surface area contributed by atoms with E-state index in [1.54, 1.807) is 37.3 Å². The lowest BCUT2D eigenvalue weighted by molar-refractivity contribution is 0.0785. The first-order valence-electron chi connectivity index (χ1n) is 6.54. The highest BCUT2D eigenvalue weighted by molar-refractivity contribution is 5.95. The van der Waals surface area contributed by atoms with E-state index in [-0.39, 0.29) is 5.91 Å². The van der Waals surface area contributed by atoms with Gasteiger partial charge in [-0.15, -0.1) is 0 Å². The average Bonchev–Trinajstić information content (AvgIpc) is 2.45. The van der Waals surface area contributed by atoms with Crippen LogP contribution in [0.3, 0.4) is 0 Å². The maximum Gasteiger partial charge on any atom is 0.254 e. The predicted octanol–water partition coefficient (Wildman–Crippen LogP) is 2.13. The van der Waals surface area contributed by atoms with E-state index in [2.05, 4.69) is 0 Å². The molecule has 2 rings (SSSR count). The van der Waals surface area contributed by atoms with Crippen LogP contribution in [-0.4, -0.2) is 25.0 Å². The van der Waals surface area contributed by atoms with Crippen molar-refractivity contribution in [2.24, 2.45) is 0 Å². The third-order valence-corrected chi connectivity index (χ3v) is 3.13. The molecule has 4 N–H and O–H groups in total. The Hall–Kier alpha value is -2.69. The van der Waals surface area contributed by atoms with Gasteiger partial charge in [0.1, 0.15) is 5.75 Å². The summed E-state index contributed by atoms with van der Waals surface area (Å²) >= 11 is 0. The molecule has 0 spiro atoms. The fraction of sp³-hybridized carbons (Fsp3) is 0.188. The van der Waals surface area contributed by atoms with Crippen molar-refractivity contribution in [2.75, 3.05) is 25.6 Å². The number of hydrogen-bond acceptors (Lipinski definition) is 4. The van der Waals surface area contributed by atoms with E-state index >= 15 is 0 Å². The van der Waals surface area contributed by atoms with Crippen LogP contribution in [0.1, 0.15) is 15.9 Å². The highest BCUT2D eigenvalue weighted by atomic mass is 16.5. The van der Waals surface area contributed by atoms with E-state index in [1.807, 2.05) is 24.3 Å². The van der Waals surface area contributed by atoms with E-state index in [0.29, 0.717) is 23.5 Å². The Morgan fingerprint density at radius 1 is 1.14 bits per heavy atom. The predicted molar refractivity (Wildman–Crippen MR) is 84.1 cm³/mol. The number of nitrogens with zero attached hydrogens (tertiary/aromatic N) is 1. The molecule has 2 aromatic carbocycles. The van der Waals surface area contributed by atoms with Crippen molar-refractivity contribution in [1.29, 1.82) is 0 Å². The molecular weight excluding hydrogens is 266 g/mol. The van der Waals surface area contributed by atoms with Gasteiger partial charge < -0.3 is 21.1 Å². The van der Waals surface area contributed by atoms with Crippen LogP contribution in [-0.2, 0) is 6.54 Å². The van der Waals surface area contributed by atoms with Crippen molar-refractivity contribution in [2.45, 2.75) is 6.54 Å². The molecule has 0 aliphatic rings. The van der Waals surface area contributed by atoms with Gasteiger partial charge in [-0.05, 0) is 35.9 Å². The van der Waals surface area contributed by atoms with E-state index in [9.17, 15) is 4.79 Å². The Balaban J connectivity index is 2.15. The summed E-state index contributed by atoms with van der Waals surface area (Å²) in [4.78, 5) is 14.0. The van der Waals surface area contributed by atoms with Crippen LogP contribution in [0.5, 0.6) is 5.75 Å². The minimum atomic E-state index is -0.128. The number of carbonyl (C=O) groups excluding carboxylic acids is 1. The summed E-state index contributed by atoms with van der Waals surface area (Å²) in [5.41, 5.74) is 13.9. The standard InChI is InChI=1S/C16H19N3O2/c1-19(10-11-4-3-5-15(6-11)21-2)16(20)12-7-13(17)9-14(18)8-12/h3-9H,10,17-18H2,1-2H3. The second-order valence-electron chi connectivity index (χ2n) is 4.90. The molecule has 2 aromatic rings. The smallest absolute Gasteiger partial charge is 0.254 e. The van der Waals surface area contributed by atoms with Crippen LogP contribution < -0.4 is 16.2 Å². The molecule has 5 nitrogen and oxygen atoms in total. The molecule has 0 aliphatic carbocycles. The van der Waals surface area contributed by atoms with Gasteiger partial charge in [-0.25, -0.2) is 0 Å². The molecule has 1 amide bonds. The van der Waals surface area contributed by atoms with Gasteiger partial charge in [0, 0.05) is 30.5 Å². The SMILES string of the molecule is COc1cccc(CN(C)C(=O)c2cc(N)cc(N)c2)c1. The lowest BCUT2D eigenvalue weighted by atomic mass is 10.1.